The molecule has 0 aromatic heterocycles. The van der Waals surface area contributed by atoms with Gasteiger partial charge < -0.3 is 21.3 Å². The summed E-state index contributed by atoms with van der Waals surface area (Å²) < 4.78 is 0. The lowest BCUT2D eigenvalue weighted by molar-refractivity contribution is -0.133. The minimum atomic E-state index is -0.396. The molecule has 1 aliphatic heterocycles. The van der Waals surface area contributed by atoms with Gasteiger partial charge in [-0.05, 0) is 65.6 Å². The van der Waals surface area contributed by atoms with Gasteiger partial charge in [-0.3, -0.25) is 9.59 Å². The van der Waals surface area contributed by atoms with E-state index in [-0.39, 0.29) is 23.8 Å². The monoisotopic (exact) mass is 554 g/mol. The fourth-order valence-corrected chi connectivity index (χ4v) is 5.65. The second kappa shape index (κ2) is 13.1. The van der Waals surface area contributed by atoms with E-state index < -0.39 is 6.04 Å². The Morgan fingerprint density at radius 2 is 1.60 bits per heavy atom. The standard InChI is InChI=1S/C33H35ClN4O2/c34-28-14-13-25-19-27(12-11-26(25)20-28)32(39)36-21-29-16-18-38(33(40)31(37-29)15-17-35)22-30(23-7-3-1-4-8-23)24-9-5-2-6-10-24/h1-14,19-20,29-31,37H,15-18,21-22,35H2,(H,36,39)/t29-,31?/m0/s1. The van der Waals surface area contributed by atoms with Crippen LogP contribution < -0.4 is 16.4 Å². The highest BCUT2D eigenvalue weighted by atomic mass is 35.5. The Morgan fingerprint density at radius 1 is 0.950 bits per heavy atom. The van der Waals surface area contributed by atoms with E-state index in [0.717, 1.165) is 17.2 Å². The van der Waals surface area contributed by atoms with Crippen molar-refractivity contribution in [2.24, 2.45) is 5.73 Å². The second-order valence-electron chi connectivity index (χ2n) is 10.4. The minimum absolute atomic E-state index is 0.0550. The first kappa shape index (κ1) is 27.8. The number of nitrogens with one attached hydrogen (secondary N) is 2. The van der Waals surface area contributed by atoms with Gasteiger partial charge in [0.15, 0.2) is 0 Å². The second-order valence-corrected chi connectivity index (χ2v) is 10.8. The molecule has 0 aliphatic carbocycles. The van der Waals surface area contributed by atoms with Crippen molar-refractivity contribution in [2.45, 2.75) is 30.8 Å². The zero-order valence-electron chi connectivity index (χ0n) is 22.4. The van der Waals surface area contributed by atoms with E-state index in [1.807, 2.05) is 77.7 Å². The predicted molar refractivity (Wildman–Crippen MR) is 162 cm³/mol. The summed E-state index contributed by atoms with van der Waals surface area (Å²) in [6.07, 6.45) is 1.26. The molecule has 0 radical (unpaired) electrons. The Hall–Kier alpha value is -3.71. The van der Waals surface area contributed by atoms with Gasteiger partial charge in [0.05, 0.1) is 6.04 Å². The Balaban J connectivity index is 1.28. The van der Waals surface area contributed by atoms with E-state index in [2.05, 4.69) is 34.9 Å². The first-order chi connectivity index (χ1) is 19.5. The van der Waals surface area contributed by atoms with E-state index >= 15 is 0 Å². The first-order valence-electron chi connectivity index (χ1n) is 13.8. The maximum Gasteiger partial charge on any atom is 0.251 e. The zero-order valence-corrected chi connectivity index (χ0v) is 23.2. The van der Waals surface area contributed by atoms with Gasteiger partial charge in [0.25, 0.3) is 5.91 Å². The van der Waals surface area contributed by atoms with Crippen LogP contribution in [0, 0.1) is 0 Å². The van der Waals surface area contributed by atoms with Crippen LogP contribution in [0.3, 0.4) is 0 Å². The predicted octanol–water partition coefficient (Wildman–Crippen LogP) is 4.96. The average molecular weight is 555 g/mol. The minimum Gasteiger partial charge on any atom is -0.350 e. The lowest BCUT2D eigenvalue weighted by Crippen LogP contribution is -2.49. The third-order valence-corrected chi connectivity index (χ3v) is 7.86. The third kappa shape index (κ3) is 6.70. The zero-order chi connectivity index (χ0) is 27.9. The van der Waals surface area contributed by atoms with Crippen LogP contribution in [0.1, 0.15) is 40.2 Å². The largest absolute Gasteiger partial charge is 0.350 e. The van der Waals surface area contributed by atoms with Gasteiger partial charge in [-0.1, -0.05) is 84.4 Å². The normalized spacial score (nSPS) is 17.7. The molecule has 4 aromatic carbocycles. The number of carbonyl (C=O) groups excluding carboxylic acids is 2. The van der Waals surface area contributed by atoms with Gasteiger partial charge in [-0.2, -0.15) is 0 Å². The molecular weight excluding hydrogens is 520 g/mol. The van der Waals surface area contributed by atoms with Crippen LogP contribution in [0.2, 0.25) is 5.02 Å². The van der Waals surface area contributed by atoms with Gasteiger partial charge >= 0.3 is 0 Å². The van der Waals surface area contributed by atoms with Crippen molar-refractivity contribution in [2.75, 3.05) is 26.2 Å². The number of halogens is 1. The first-order valence-corrected chi connectivity index (χ1v) is 14.2. The number of nitrogens with two attached hydrogens (primary N) is 1. The summed E-state index contributed by atoms with van der Waals surface area (Å²) in [6, 6.07) is 31.4. The topological polar surface area (TPSA) is 87.5 Å². The number of hydrogen-bond acceptors (Lipinski definition) is 4. The Morgan fingerprint density at radius 3 is 2.27 bits per heavy atom. The smallest absolute Gasteiger partial charge is 0.251 e. The molecule has 0 bridgehead atoms. The molecule has 1 aliphatic rings. The van der Waals surface area contributed by atoms with E-state index in [1.54, 1.807) is 0 Å². The van der Waals surface area contributed by atoms with Crippen molar-refractivity contribution >= 4 is 34.2 Å². The number of rotatable bonds is 9. The summed E-state index contributed by atoms with van der Waals surface area (Å²) in [5.74, 6) is -0.0251. The van der Waals surface area contributed by atoms with Crippen molar-refractivity contribution in [1.29, 1.82) is 0 Å². The van der Waals surface area contributed by atoms with Gasteiger partial charge in [-0.25, -0.2) is 0 Å². The number of nitrogens with zero attached hydrogens (tertiary/aromatic N) is 1. The van der Waals surface area contributed by atoms with Crippen molar-refractivity contribution in [3.05, 3.63) is 119 Å². The summed E-state index contributed by atoms with van der Waals surface area (Å²) in [5, 5.41) is 9.17. The van der Waals surface area contributed by atoms with Crippen molar-refractivity contribution in [3.8, 4) is 0 Å². The molecule has 4 N–H and O–H groups in total. The molecule has 1 heterocycles. The number of fused-ring (bicyclic) bond motifs is 1. The molecule has 206 valence electrons. The van der Waals surface area contributed by atoms with E-state index in [9.17, 15) is 9.59 Å². The van der Waals surface area contributed by atoms with Crippen molar-refractivity contribution in [3.63, 3.8) is 0 Å². The molecule has 1 saturated heterocycles. The fourth-order valence-electron chi connectivity index (χ4n) is 5.47. The Kier molecular flexibility index (Phi) is 9.12. The molecule has 40 heavy (non-hydrogen) atoms. The summed E-state index contributed by atoms with van der Waals surface area (Å²) in [6.45, 7) is 1.99. The molecule has 2 amide bonds. The molecule has 0 saturated carbocycles. The van der Waals surface area contributed by atoms with Crippen LogP contribution in [-0.2, 0) is 4.79 Å². The van der Waals surface area contributed by atoms with Crippen LogP contribution >= 0.6 is 11.6 Å². The molecule has 0 spiro atoms. The van der Waals surface area contributed by atoms with E-state index in [0.29, 0.717) is 43.2 Å². The maximum atomic E-state index is 13.7. The van der Waals surface area contributed by atoms with Gasteiger partial charge in [0, 0.05) is 42.2 Å². The molecule has 4 aromatic rings. The van der Waals surface area contributed by atoms with Crippen LogP contribution in [0.5, 0.6) is 0 Å². The molecule has 7 heteroatoms. The van der Waals surface area contributed by atoms with Crippen LogP contribution in [0.15, 0.2) is 97.1 Å². The molecule has 1 fully saturated rings. The number of amides is 2. The van der Waals surface area contributed by atoms with E-state index in [1.165, 1.54) is 11.1 Å². The molecule has 6 nitrogen and oxygen atoms in total. The number of hydrogen-bond donors (Lipinski definition) is 3. The fraction of sp³-hybridized carbons (Fsp3) is 0.273. The number of benzene rings is 4. The third-order valence-electron chi connectivity index (χ3n) is 7.63. The Labute approximate surface area is 240 Å². The summed E-state index contributed by atoms with van der Waals surface area (Å²) in [5.41, 5.74) is 8.85. The van der Waals surface area contributed by atoms with Crippen LogP contribution in [-0.4, -0.2) is 55.0 Å². The Bertz CT molecular complexity index is 1410. The lowest BCUT2D eigenvalue weighted by Gasteiger charge is -2.29. The SMILES string of the molecule is NCCC1N[C@H](CNC(=O)c2ccc3cc(Cl)ccc3c2)CCN(CC(c2ccccc2)c2ccccc2)C1=O. The highest BCUT2D eigenvalue weighted by Gasteiger charge is 2.32. The van der Waals surface area contributed by atoms with Gasteiger partial charge in [-0.15, -0.1) is 0 Å². The lowest BCUT2D eigenvalue weighted by atomic mass is 9.90. The molecular formula is C33H35ClN4O2. The molecule has 5 rings (SSSR count). The molecule has 2 atom stereocenters. The average Bonchev–Trinajstić information content (AvgIpc) is 3.13. The van der Waals surface area contributed by atoms with Crippen molar-refractivity contribution in [1.82, 2.24) is 15.5 Å². The summed E-state index contributed by atoms with van der Waals surface area (Å²) in [4.78, 5) is 28.7. The maximum absolute atomic E-state index is 13.7. The number of carbonyl (C=O) groups is 2. The van der Waals surface area contributed by atoms with Gasteiger partial charge in [0.2, 0.25) is 5.91 Å². The van der Waals surface area contributed by atoms with Gasteiger partial charge in [0.1, 0.15) is 0 Å². The van der Waals surface area contributed by atoms with Crippen molar-refractivity contribution < 1.29 is 9.59 Å². The highest BCUT2D eigenvalue weighted by molar-refractivity contribution is 6.31. The van der Waals surface area contributed by atoms with Crippen LogP contribution in [0.4, 0.5) is 0 Å². The summed E-state index contributed by atoms with van der Waals surface area (Å²) in [7, 11) is 0. The van der Waals surface area contributed by atoms with E-state index in [4.69, 9.17) is 17.3 Å². The summed E-state index contributed by atoms with van der Waals surface area (Å²) >= 11 is 6.09. The quantitative estimate of drug-likeness (QED) is 0.273. The highest BCUT2D eigenvalue weighted by Crippen LogP contribution is 2.27. The van der Waals surface area contributed by atoms with Crippen LogP contribution in [0.25, 0.3) is 10.8 Å². The molecule has 1 unspecified atom stereocenters.